The molecule has 0 N–H and O–H groups in total. The molecule has 0 aliphatic carbocycles. The molecule has 0 aliphatic rings. The Bertz CT molecular complexity index is 756. The molecule has 0 radical (unpaired) electrons. The maximum atomic E-state index is 11.7. The Morgan fingerprint density at radius 2 is 1.80 bits per heavy atom. The van der Waals surface area contributed by atoms with Gasteiger partial charge in [0.2, 0.25) is 0 Å². The van der Waals surface area contributed by atoms with Gasteiger partial charge in [0.25, 0.3) is 0 Å². The fourth-order valence-electron chi connectivity index (χ4n) is 2.14. The Hall–Kier alpha value is -1.87. The van der Waals surface area contributed by atoms with Gasteiger partial charge in [-0.25, -0.2) is 8.42 Å². The average molecular weight is 286 g/mol. The molecule has 2 aromatic rings. The van der Waals surface area contributed by atoms with Gasteiger partial charge in [-0.05, 0) is 54.3 Å². The molecule has 0 heterocycles. The van der Waals surface area contributed by atoms with Gasteiger partial charge in [0.1, 0.15) is 0 Å². The molecule has 0 atom stereocenters. The molecule has 0 aliphatic heterocycles. The van der Waals surface area contributed by atoms with E-state index in [2.05, 4.69) is 18.2 Å². The summed E-state index contributed by atoms with van der Waals surface area (Å²) < 4.78 is 23.3. The Morgan fingerprint density at radius 3 is 2.45 bits per heavy atom. The Balaban J connectivity index is 2.59. The van der Waals surface area contributed by atoms with Crippen molar-refractivity contribution < 1.29 is 8.42 Å². The van der Waals surface area contributed by atoms with E-state index < -0.39 is 9.84 Å². The SMILES string of the molecule is C/C=C/c1ccc(C)c(-c2cccc(S(C)(=O)=O)c2)c1. The van der Waals surface area contributed by atoms with E-state index in [4.69, 9.17) is 0 Å². The number of hydrogen-bond donors (Lipinski definition) is 0. The molecule has 0 spiro atoms. The normalized spacial score (nSPS) is 11.9. The highest BCUT2D eigenvalue weighted by atomic mass is 32.2. The Labute approximate surface area is 120 Å². The minimum absolute atomic E-state index is 0.353. The fraction of sp³-hybridized carbons (Fsp3) is 0.176. The van der Waals surface area contributed by atoms with Crippen molar-refractivity contribution in [1.29, 1.82) is 0 Å². The van der Waals surface area contributed by atoms with Gasteiger partial charge in [0.05, 0.1) is 4.90 Å². The summed E-state index contributed by atoms with van der Waals surface area (Å²) in [4.78, 5) is 0.353. The third kappa shape index (κ3) is 3.17. The minimum atomic E-state index is -3.18. The topological polar surface area (TPSA) is 34.1 Å². The van der Waals surface area contributed by atoms with Gasteiger partial charge in [-0.15, -0.1) is 0 Å². The number of allylic oxidation sites excluding steroid dienone is 1. The number of hydrogen-bond acceptors (Lipinski definition) is 2. The zero-order chi connectivity index (χ0) is 14.8. The Morgan fingerprint density at radius 1 is 1.05 bits per heavy atom. The third-order valence-corrected chi connectivity index (χ3v) is 4.30. The first-order chi connectivity index (χ1) is 9.41. The van der Waals surface area contributed by atoms with Crippen LogP contribution in [0.1, 0.15) is 18.1 Å². The Kier molecular flexibility index (Phi) is 4.09. The monoisotopic (exact) mass is 286 g/mol. The van der Waals surface area contributed by atoms with E-state index in [-0.39, 0.29) is 0 Å². The predicted molar refractivity (Wildman–Crippen MR) is 84.4 cm³/mol. The number of sulfone groups is 1. The summed E-state index contributed by atoms with van der Waals surface area (Å²) in [7, 11) is -3.18. The molecule has 2 nitrogen and oxygen atoms in total. The fourth-order valence-corrected chi connectivity index (χ4v) is 2.81. The van der Waals surface area contributed by atoms with Crippen molar-refractivity contribution in [2.75, 3.05) is 6.26 Å². The van der Waals surface area contributed by atoms with E-state index in [1.54, 1.807) is 18.2 Å². The van der Waals surface area contributed by atoms with E-state index in [1.165, 1.54) is 6.26 Å². The molecule has 0 fully saturated rings. The van der Waals surface area contributed by atoms with Crippen LogP contribution in [0.2, 0.25) is 0 Å². The molecule has 2 aromatic carbocycles. The van der Waals surface area contributed by atoms with Crippen LogP contribution >= 0.6 is 0 Å². The van der Waals surface area contributed by atoms with E-state index in [9.17, 15) is 8.42 Å². The van der Waals surface area contributed by atoms with Gasteiger partial charge < -0.3 is 0 Å². The first-order valence-corrected chi connectivity index (χ1v) is 8.35. The molecule has 104 valence electrons. The minimum Gasteiger partial charge on any atom is -0.224 e. The maximum Gasteiger partial charge on any atom is 0.175 e. The lowest BCUT2D eigenvalue weighted by molar-refractivity contribution is 0.602. The van der Waals surface area contributed by atoms with Crippen molar-refractivity contribution in [2.24, 2.45) is 0 Å². The molecule has 0 aromatic heterocycles. The van der Waals surface area contributed by atoms with Crippen LogP contribution in [0.5, 0.6) is 0 Å². The highest BCUT2D eigenvalue weighted by molar-refractivity contribution is 7.90. The summed E-state index contributed by atoms with van der Waals surface area (Å²) in [6.45, 7) is 4.01. The smallest absolute Gasteiger partial charge is 0.175 e. The van der Waals surface area contributed by atoms with Crippen molar-refractivity contribution in [2.45, 2.75) is 18.7 Å². The van der Waals surface area contributed by atoms with Gasteiger partial charge in [0.15, 0.2) is 9.84 Å². The van der Waals surface area contributed by atoms with Crippen LogP contribution in [0.4, 0.5) is 0 Å². The van der Waals surface area contributed by atoms with Crippen molar-refractivity contribution in [3.8, 4) is 11.1 Å². The molecular weight excluding hydrogens is 268 g/mol. The van der Waals surface area contributed by atoms with Crippen LogP contribution in [0.3, 0.4) is 0 Å². The zero-order valence-corrected chi connectivity index (χ0v) is 12.7. The van der Waals surface area contributed by atoms with Gasteiger partial charge in [-0.2, -0.15) is 0 Å². The van der Waals surface area contributed by atoms with Gasteiger partial charge in [0, 0.05) is 6.26 Å². The number of aryl methyl sites for hydroxylation is 1. The second kappa shape index (κ2) is 5.63. The summed E-state index contributed by atoms with van der Waals surface area (Å²) in [5.41, 5.74) is 4.23. The summed E-state index contributed by atoms with van der Waals surface area (Å²) in [5, 5.41) is 0. The third-order valence-electron chi connectivity index (χ3n) is 3.19. The second-order valence-electron chi connectivity index (χ2n) is 4.87. The van der Waals surface area contributed by atoms with Crippen molar-refractivity contribution in [3.63, 3.8) is 0 Å². The molecule has 0 saturated carbocycles. The number of rotatable bonds is 3. The van der Waals surface area contributed by atoms with Crippen LogP contribution in [0.15, 0.2) is 53.4 Å². The van der Waals surface area contributed by atoms with Crippen molar-refractivity contribution >= 4 is 15.9 Å². The second-order valence-corrected chi connectivity index (χ2v) is 6.89. The first kappa shape index (κ1) is 14.5. The summed E-state index contributed by atoms with van der Waals surface area (Å²) in [6.07, 6.45) is 5.25. The van der Waals surface area contributed by atoms with E-state index >= 15 is 0 Å². The summed E-state index contributed by atoms with van der Waals surface area (Å²) in [6, 6.07) is 13.3. The van der Waals surface area contributed by atoms with Crippen LogP contribution in [0.25, 0.3) is 17.2 Å². The van der Waals surface area contributed by atoms with E-state index in [1.807, 2.05) is 32.1 Å². The molecule has 0 saturated heterocycles. The van der Waals surface area contributed by atoms with Crippen molar-refractivity contribution in [1.82, 2.24) is 0 Å². The van der Waals surface area contributed by atoms with Gasteiger partial charge >= 0.3 is 0 Å². The lowest BCUT2D eigenvalue weighted by Gasteiger charge is -2.09. The molecule has 0 unspecified atom stereocenters. The largest absolute Gasteiger partial charge is 0.224 e. The molecular formula is C17H18O2S. The average Bonchev–Trinajstić information content (AvgIpc) is 2.40. The molecule has 2 rings (SSSR count). The lowest BCUT2D eigenvalue weighted by Crippen LogP contribution is -1.97. The van der Waals surface area contributed by atoms with Gasteiger partial charge in [-0.1, -0.05) is 36.4 Å². The van der Waals surface area contributed by atoms with E-state index in [0.717, 1.165) is 22.3 Å². The van der Waals surface area contributed by atoms with Crippen LogP contribution in [-0.4, -0.2) is 14.7 Å². The highest BCUT2D eigenvalue weighted by Crippen LogP contribution is 2.27. The van der Waals surface area contributed by atoms with E-state index in [0.29, 0.717) is 4.90 Å². The van der Waals surface area contributed by atoms with Gasteiger partial charge in [-0.3, -0.25) is 0 Å². The number of benzene rings is 2. The standard InChI is InChI=1S/C17H18O2S/c1-4-6-14-10-9-13(2)17(11-14)15-7-5-8-16(12-15)20(3,18)19/h4-12H,1-3H3/b6-4+. The van der Waals surface area contributed by atoms with Crippen molar-refractivity contribution in [3.05, 3.63) is 59.7 Å². The highest BCUT2D eigenvalue weighted by Gasteiger charge is 2.09. The molecule has 3 heteroatoms. The zero-order valence-electron chi connectivity index (χ0n) is 11.9. The maximum absolute atomic E-state index is 11.7. The van der Waals surface area contributed by atoms with Crippen LogP contribution in [-0.2, 0) is 9.84 Å². The molecule has 0 amide bonds. The molecule has 0 bridgehead atoms. The summed E-state index contributed by atoms with van der Waals surface area (Å²) >= 11 is 0. The lowest BCUT2D eigenvalue weighted by atomic mass is 9.98. The van der Waals surface area contributed by atoms with Crippen LogP contribution in [0, 0.1) is 6.92 Å². The van der Waals surface area contributed by atoms with Crippen LogP contribution < -0.4 is 0 Å². The quantitative estimate of drug-likeness (QED) is 0.851. The predicted octanol–water partition coefficient (Wildman–Crippen LogP) is 4.10. The molecule has 20 heavy (non-hydrogen) atoms. The summed E-state index contributed by atoms with van der Waals surface area (Å²) in [5.74, 6) is 0. The first-order valence-electron chi connectivity index (χ1n) is 6.45.